The summed E-state index contributed by atoms with van der Waals surface area (Å²) in [4.78, 5) is 20.1. The van der Waals surface area contributed by atoms with Gasteiger partial charge < -0.3 is 15.0 Å². The fourth-order valence-electron chi connectivity index (χ4n) is 5.20. The summed E-state index contributed by atoms with van der Waals surface area (Å²) in [7, 11) is 2.14. The molecule has 3 unspecified atom stereocenters. The molecule has 2 aliphatic rings. The summed E-state index contributed by atoms with van der Waals surface area (Å²) in [6.45, 7) is 4.39. The van der Waals surface area contributed by atoms with Crippen LogP contribution in [-0.4, -0.2) is 32.8 Å². The Hall–Kier alpha value is -2.57. The number of imidazole rings is 1. The van der Waals surface area contributed by atoms with Gasteiger partial charge in [-0.3, -0.25) is 0 Å². The molecule has 154 valence electrons. The van der Waals surface area contributed by atoms with Crippen LogP contribution in [0.2, 0.25) is 0 Å². The Morgan fingerprint density at radius 3 is 2.93 bits per heavy atom. The molecule has 2 N–H and O–H groups in total. The van der Waals surface area contributed by atoms with Crippen molar-refractivity contribution in [1.82, 2.24) is 19.9 Å². The molecule has 0 spiro atoms. The number of rotatable bonds is 4. The minimum atomic E-state index is -0.243. The van der Waals surface area contributed by atoms with E-state index >= 15 is 0 Å². The molecular weight excluding hydrogens is 366 g/mol. The van der Waals surface area contributed by atoms with Gasteiger partial charge in [0.25, 0.3) is 5.82 Å². The number of fused-ring (bicyclic) bond motifs is 3. The molecule has 29 heavy (non-hydrogen) atoms. The number of aromatic amines is 1. The minimum absolute atomic E-state index is 0.0283. The van der Waals surface area contributed by atoms with Gasteiger partial charge in [-0.15, -0.1) is 0 Å². The van der Waals surface area contributed by atoms with Crippen molar-refractivity contribution in [3.63, 3.8) is 0 Å². The van der Waals surface area contributed by atoms with E-state index in [0.29, 0.717) is 17.9 Å². The molecule has 3 atom stereocenters. The Bertz CT molecular complexity index is 1060. The summed E-state index contributed by atoms with van der Waals surface area (Å²) in [5.41, 5.74) is 4.34. The lowest BCUT2D eigenvalue weighted by Gasteiger charge is -2.26. The first-order chi connectivity index (χ1) is 14.1. The van der Waals surface area contributed by atoms with Crippen LogP contribution in [0, 0.1) is 12.8 Å². The highest BCUT2D eigenvalue weighted by molar-refractivity contribution is 5.69. The van der Waals surface area contributed by atoms with Gasteiger partial charge >= 0.3 is 6.09 Å². The second-order valence-corrected chi connectivity index (χ2v) is 8.74. The molecule has 2 saturated carbocycles. The Balaban J connectivity index is 1.47. The van der Waals surface area contributed by atoms with E-state index in [1.165, 1.54) is 17.9 Å². The van der Waals surface area contributed by atoms with Crippen molar-refractivity contribution in [2.45, 2.75) is 70.4 Å². The maximum absolute atomic E-state index is 12.3. The van der Waals surface area contributed by atoms with Crippen molar-refractivity contribution >= 4 is 22.8 Å². The molecule has 5 rings (SSSR count). The van der Waals surface area contributed by atoms with Gasteiger partial charge in [-0.2, -0.15) is 4.40 Å². The van der Waals surface area contributed by atoms with Crippen LogP contribution in [-0.2, 0) is 11.8 Å². The standard InChI is InChI=1S/C22H29N5O2/c1-4-14-10-16(29-22(28)25-15-6-5-7-15)11-17(14)21-26(3)13(2)19-12-24-20-18(27(19)21)8-9-23-20/h8-9,12,14-17,23H,4-7,10-11H2,1-3H3/p+1. The van der Waals surface area contributed by atoms with Gasteiger partial charge in [-0.25, -0.2) is 14.3 Å². The second kappa shape index (κ2) is 7.04. The first-order valence-electron chi connectivity index (χ1n) is 10.9. The van der Waals surface area contributed by atoms with Crippen LogP contribution in [0.15, 0.2) is 18.5 Å². The minimum Gasteiger partial charge on any atom is -0.446 e. The van der Waals surface area contributed by atoms with E-state index in [4.69, 9.17) is 4.74 Å². The predicted molar refractivity (Wildman–Crippen MR) is 110 cm³/mol. The summed E-state index contributed by atoms with van der Waals surface area (Å²) >= 11 is 0. The highest BCUT2D eigenvalue weighted by Crippen LogP contribution is 2.42. The molecule has 0 aliphatic heterocycles. The van der Waals surface area contributed by atoms with E-state index in [9.17, 15) is 4.79 Å². The maximum Gasteiger partial charge on any atom is 0.407 e. The van der Waals surface area contributed by atoms with Gasteiger partial charge in [0, 0.05) is 25.2 Å². The SMILES string of the molecule is CCC1CC(OC(=O)NC2CCC2)CC1c1n(C)c(C)c2cnc3[nH]ccc3[n+]12. The summed E-state index contributed by atoms with van der Waals surface area (Å²) in [5, 5.41) is 3.01. The van der Waals surface area contributed by atoms with Crippen molar-refractivity contribution in [1.29, 1.82) is 0 Å². The zero-order valence-electron chi connectivity index (χ0n) is 17.4. The quantitative estimate of drug-likeness (QED) is 0.663. The summed E-state index contributed by atoms with van der Waals surface area (Å²) < 4.78 is 10.5. The van der Waals surface area contributed by atoms with Crippen molar-refractivity contribution in [2.24, 2.45) is 13.0 Å². The van der Waals surface area contributed by atoms with Crippen LogP contribution in [0.3, 0.4) is 0 Å². The summed E-state index contributed by atoms with van der Waals surface area (Å²) in [6.07, 6.45) is 9.84. The number of alkyl carbamates (subject to hydrolysis) is 1. The number of nitrogens with one attached hydrogen (secondary N) is 2. The van der Waals surface area contributed by atoms with E-state index in [1.54, 1.807) is 0 Å². The van der Waals surface area contributed by atoms with Crippen LogP contribution < -0.4 is 9.72 Å². The smallest absolute Gasteiger partial charge is 0.407 e. The summed E-state index contributed by atoms with van der Waals surface area (Å²) in [6, 6.07) is 2.40. The fraction of sp³-hybridized carbons (Fsp3) is 0.591. The van der Waals surface area contributed by atoms with E-state index in [0.717, 1.165) is 48.8 Å². The molecule has 2 aliphatic carbocycles. The molecule has 7 nitrogen and oxygen atoms in total. The van der Waals surface area contributed by atoms with Crippen LogP contribution >= 0.6 is 0 Å². The van der Waals surface area contributed by atoms with Crippen molar-refractivity contribution < 1.29 is 13.9 Å². The molecule has 3 aromatic rings. The number of aryl methyl sites for hydroxylation is 1. The molecule has 7 heteroatoms. The number of H-pyrrole nitrogens is 1. The second-order valence-electron chi connectivity index (χ2n) is 8.74. The number of ether oxygens (including phenoxy) is 1. The zero-order valence-corrected chi connectivity index (χ0v) is 17.4. The number of nitrogens with zero attached hydrogens (tertiary/aromatic N) is 3. The summed E-state index contributed by atoms with van der Waals surface area (Å²) in [5.74, 6) is 2.11. The number of hydrogen-bond acceptors (Lipinski definition) is 3. The molecule has 3 heterocycles. The average molecular weight is 397 g/mol. The molecule has 3 aromatic heterocycles. The van der Waals surface area contributed by atoms with E-state index in [2.05, 4.69) is 51.2 Å². The number of carbonyl (C=O) groups is 1. The number of carbonyl (C=O) groups excluding carboxylic acids is 1. The first-order valence-corrected chi connectivity index (χ1v) is 10.9. The molecule has 2 fully saturated rings. The first kappa shape index (κ1) is 18.5. The molecule has 0 aromatic carbocycles. The molecule has 0 radical (unpaired) electrons. The lowest BCUT2D eigenvalue weighted by Crippen LogP contribution is -2.41. The monoisotopic (exact) mass is 396 g/mol. The Kier molecular flexibility index (Phi) is 4.48. The number of aromatic nitrogens is 4. The van der Waals surface area contributed by atoms with Crippen LogP contribution in [0.25, 0.3) is 16.7 Å². The van der Waals surface area contributed by atoms with Crippen LogP contribution in [0.5, 0.6) is 0 Å². The van der Waals surface area contributed by atoms with E-state index < -0.39 is 0 Å². The van der Waals surface area contributed by atoms with Gasteiger partial charge in [0.1, 0.15) is 11.8 Å². The largest absolute Gasteiger partial charge is 0.446 e. The third kappa shape index (κ3) is 2.98. The topological polar surface area (TPSA) is 76.0 Å². The third-order valence-corrected chi connectivity index (χ3v) is 7.16. The van der Waals surface area contributed by atoms with Gasteiger partial charge in [0.05, 0.1) is 19.2 Å². The Morgan fingerprint density at radius 1 is 1.38 bits per heavy atom. The van der Waals surface area contributed by atoms with Crippen molar-refractivity contribution in [3.8, 4) is 0 Å². The normalized spacial score (nSPS) is 24.9. The maximum atomic E-state index is 12.3. The van der Waals surface area contributed by atoms with Gasteiger partial charge in [-0.05, 0) is 38.0 Å². The molecule has 1 amide bonds. The van der Waals surface area contributed by atoms with Crippen molar-refractivity contribution in [2.75, 3.05) is 0 Å². The number of hydrogen-bond donors (Lipinski definition) is 2. The molecule has 0 saturated heterocycles. The Morgan fingerprint density at radius 2 is 2.21 bits per heavy atom. The third-order valence-electron chi connectivity index (χ3n) is 7.16. The average Bonchev–Trinajstić information content (AvgIpc) is 3.36. The van der Waals surface area contributed by atoms with E-state index in [1.807, 2.05) is 12.4 Å². The highest BCUT2D eigenvalue weighted by atomic mass is 16.6. The molecular formula is C22H30N5O2+. The fourth-order valence-corrected chi connectivity index (χ4v) is 5.20. The number of amides is 1. The van der Waals surface area contributed by atoms with Gasteiger partial charge in [-0.1, -0.05) is 13.3 Å². The lowest BCUT2D eigenvalue weighted by atomic mass is 9.93. The van der Waals surface area contributed by atoms with Crippen molar-refractivity contribution in [3.05, 3.63) is 30.0 Å². The van der Waals surface area contributed by atoms with Gasteiger partial charge in [0.15, 0.2) is 16.7 Å². The predicted octanol–water partition coefficient (Wildman–Crippen LogP) is 3.50. The van der Waals surface area contributed by atoms with E-state index in [-0.39, 0.29) is 12.2 Å². The van der Waals surface area contributed by atoms with Crippen LogP contribution in [0.4, 0.5) is 4.79 Å². The molecule has 0 bridgehead atoms. The van der Waals surface area contributed by atoms with Crippen LogP contribution in [0.1, 0.15) is 62.9 Å². The zero-order chi connectivity index (χ0) is 20.1. The Labute approximate surface area is 170 Å². The van der Waals surface area contributed by atoms with Gasteiger partial charge in [0.2, 0.25) is 0 Å². The lowest BCUT2D eigenvalue weighted by molar-refractivity contribution is -0.496. The highest BCUT2D eigenvalue weighted by Gasteiger charge is 2.43.